The van der Waals surface area contributed by atoms with Crippen molar-refractivity contribution in [2.75, 3.05) is 19.6 Å². The molecule has 1 N–H and O–H groups in total. The number of carboxylic acids is 1. The van der Waals surface area contributed by atoms with E-state index in [9.17, 15) is 9.90 Å². The molecule has 4 aliphatic rings. The van der Waals surface area contributed by atoms with Crippen molar-refractivity contribution in [3.8, 4) is 0 Å². The predicted molar refractivity (Wildman–Crippen MR) is 76.6 cm³/mol. The summed E-state index contributed by atoms with van der Waals surface area (Å²) >= 11 is 0. The van der Waals surface area contributed by atoms with Gasteiger partial charge in [0.05, 0.1) is 0 Å². The lowest BCUT2D eigenvalue weighted by Crippen LogP contribution is -2.66. The quantitative estimate of drug-likeness (QED) is 0.794. The Morgan fingerprint density at radius 2 is 1.75 bits per heavy atom. The summed E-state index contributed by atoms with van der Waals surface area (Å²) in [7, 11) is 0. The Kier molecular flexibility index (Phi) is 3.26. The van der Waals surface area contributed by atoms with Crippen LogP contribution in [0.3, 0.4) is 0 Å². The first-order chi connectivity index (χ1) is 9.74. The number of carbonyl (C=O) groups is 1. The molecule has 0 amide bonds. The molecule has 4 fully saturated rings. The van der Waals surface area contributed by atoms with Crippen molar-refractivity contribution in [2.45, 2.75) is 63.1 Å². The highest BCUT2D eigenvalue weighted by Gasteiger charge is 2.49. The summed E-state index contributed by atoms with van der Waals surface area (Å²) < 4.78 is 0. The van der Waals surface area contributed by atoms with E-state index in [2.05, 4.69) is 9.80 Å². The van der Waals surface area contributed by atoms with Crippen LogP contribution in [-0.4, -0.2) is 58.6 Å². The second-order valence-corrected chi connectivity index (χ2v) is 7.36. The smallest absolute Gasteiger partial charge is 0.320 e. The average molecular weight is 278 g/mol. The first-order valence-electron chi connectivity index (χ1n) is 8.46. The first-order valence-corrected chi connectivity index (χ1v) is 8.46. The van der Waals surface area contributed by atoms with Crippen LogP contribution in [0.15, 0.2) is 0 Å². The molecule has 0 aliphatic carbocycles. The fourth-order valence-electron chi connectivity index (χ4n) is 5.56. The third-order valence-corrected chi connectivity index (χ3v) is 6.36. The number of aliphatic carboxylic acids is 1. The predicted octanol–water partition coefficient (Wildman–Crippen LogP) is 1.80. The standard InChI is InChI=1S/C16H26N2O2/c19-16(20)15-6-3-5-14-11-8-12(10-18(14)15)13-4-1-2-7-17(13)9-11/h11-15H,1-10H2,(H,19,20)/t11?,12?,13-,14+,15?/m0/s1. The lowest BCUT2D eigenvalue weighted by molar-refractivity contribution is -0.153. The zero-order valence-corrected chi connectivity index (χ0v) is 12.2. The summed E-state index contributed by atoms with van der Waals surface area (Å²) in [5, 5.41) is 9.52. The number of hydrogen-bond acceptors (Lipinski definition) is 3. The number of piperidine rings is 4. The maximum atomic E-state index is 11.6. The van der Waals surface area contributed by atoms with Crippen LogP contribution in [0.5, 0.6) is 0 Å². The van der Waals surface area contributed by atoms with Crippen molar-refractivity contribution >= 4 is 5.97 Å². The molecular weight excluding hydrogens is 252 g/mol. The van der Waals surface area contributed by atoms with Gasteiger partial charge in [-0.3, -0.25) is 14.6 Å². The SMILES string of the molecule is O=C(O)C1CCC[C@@H]2C3CC(CN12)[C@@H]1CCCCN1C3. The molecular formula is C16H26N2O2. The monoisotopic (exact) mass is 278 g/mol. The molecule has 0 spiro atoms. The molecule has 0 aromatic rings. The lowest BCUT2D eigenvalue weighted by atomic mass is 9.70. The van der Waals surface area contributed by atoms with Crippen LogP contribution in [0.2, 0.25) is 0 Å². The van der Waals surface area contributed by atoms with Crippen LogP contribution in [-0.2, 0) is 4.79 Å². The van der Waals surface area contributed by atoms with Gasteiger partial charge in [0.1, 0.15) is 6.04 Å². The molecule has 4 rings (SSSR count). The van der Waals surface area contributed by atoms with Gasteiger partial charge in [-0.15, -0.1) is 0 Å². The second-order valence-electron chi connectivity index (χ2n) is 7.36. The van der Waals surface area contributed by atoms with Gasteiger partial charge in [0.25, 0.3) is 0 Å². The first kappa shape index (κ1) is 13.1. The van der Waals surface area contributed by atoms with Crippen LogP contribution in [0, 0.1) is 11.8 Å². The molecule has 3 unspecified atom stereocenters. The highest BCUT2D eigenvalue weighted by Crippen LogP contribution is 2.44. The van der Waals surface area contributed by atoms with Crippen LogP contribution in [0.4, 0.5) is 0 Å². The third-order valence-electron chi connectivity index (χ3n) is 6.36. The van der Waals surface area contributed by atoms with Gasteiger partial charge in [0.2, 0.25) is 0 Å². The normalized spacial score (nSPS) is 45.5. The van der Waals surface area contributed by atoms with Crippen molar-refractivity contribution in [3.63, 3.8) is 0 Å². The Balaban J connectivity index is 1.58. The van der Waals surface area contributed by atoms with Gasteiger partial charge in [-0.1, -0.05) is 6.42 Å². The van der Waals surface area contributed by atoms with Crippen molar-refractivity contribution in [2.24, 2.45) is 11.8 Å². The van der Waals surface area contributed by atoms with E-state index in [4.69, 9.17) is 0 Å². The lowest BCUT2D eigenvalue weighted by Gasteiger charge is -2.58. The van der Waals surface area contributed by atoms with E-state index in [1.165, 1.54) is 45.2 Å². The molecule has 4 aliphatic heterocycles. The van der Waals surface area contributed by atoms with Crippen molar-refractivity contribution in [1.29, 1.82) is 0 Å². The minimum atomic E-state index is -0.588. The summed E-state index contributed by atoms with van der Waals surface area (Å²) in [6.07, 6.45) is 8.61. The highest BCUT2D eigenvalue weighted by molar-refractivity contribution is 5.73. The Morgan fingerprint density at radius 3 is 2.60 bits per heavy atom. The van der Waals surface area contributed by atoms with E-state index in [0.29, 0.717) is 6.04 Å². The van der Waals surface area contributed by atoms with Crippen LogP contribution < -0.4 is 0 Å². The Bertz CT molecular complexity index is 400. The summed E-state index contributed by atoms with van der Waals surface area (Å²) in [4.78, 5) is 16.7. The molecule has 4 heterocycles. The molecule has 5 atom stereocenters. The van der Waals surface area contributed by atoms with E-state index >= 15 is 0 Å². The summed E-state index contributed by atoms with van der Waals surface area (Å²) in [6, 6.07) is 1.09. The molecule has 4 heteroatoms. The van der Waals surface area contributed by atoms with Crippen molar-refractivity contribution < 1.29 is 9.90 Å². The number of rotatable bonds is 1. The van der Waals surface area contributed by atoms with E-state index in [0.717, 1.165) is 37.3 Å². The number of nitrogens with zero attached hydrogens (tertiary/aromatic N) is 2. The van der Waals surface area contributed by atoms with E-state index in [-0.39, 0.29) is 6.04 Å². The van der Waals surface area contributed by atoms with Gasteiger partial charge >= 0.3 is 5.97 Å². The molecule has 4 nitrogen and oxygen atoms in total. The maximum Gasteiger partial charge on any atom is 0.320 e. The molecule has 0 saturated carbocycles. The fraction of sp³-hybridized carbons (Fsp3) is 0.938. The van der Waals surface area contributed by atoms with Gasteiger partial charge < -0.3 is 5.11 Å². The molecule has 0 aromatic carbocycles. The summed E-state index contributed by atoms with van der Waals surface area (Å²) in [5.41, 5.74) is 0. The van der Waals surface area contributed by atoms with Crippen LogP contribution in [0.1, 0.15) is 44.9 Å². The molecule has 2 bridgehead atoms. The van der Waals surface area contributed by atoms with E-state index in [1.807, 2.05) is 0 Å². The van der Waals surface area contributed by atoms with Crippen molar-refractivity contribution in [3.05, 3.63) is 0 Å². The van der Waals surface area contributed by atoms with Gasteiger partial charge in [0.15, 0.2) is 0 Å². The van der Waals surface area contributed by atoms with Crippen LogP contribution >= 0.6 is 0 Å². The second kappa shape index (κ2) is 4.99. The summed E-state index contributed by atoms with van der Waals surface area (Å²) in [5.74, 6) is 0.866. The fourth-order valence-corrected chi connectivity index (χ4v) is 5.56. The Labute approximate surface area is 121 Å². The average Bonchev–Trinajstić information content (AvgIpc) is 2.47. The Morgan fingerprint density at radius 1 is 0.950 bits per heavy atom. The number of hydrogen-bond donors (Lipinski definition) is 1. The molecule has 112 valence electrons. The van der Waals surface area contributed by atoms with Gasteiger partial charge in [-0.2, -0.15) is 0 Å². The molecule has 20 heavy (non-hydrogen) atoms. The largest absolute Gasteiger partial charge is 0.480 e. The number of carboxylic acid groups (broad SMARTS) is 1. The van der Waals surface area contributed by atoms with E-state index < -0.39 is 5.97 Å². The molecule has 0 radical (unpaired) electrons. The van der Waals surface area contributed by atoms with Crippen LogP contribution in [0.25, 0.3) is 0 Å². The number of fused-ring (bicyclic) bond motifs is 6. The highest BCUT2D eigenvalue weighted by atomic mass is 16.4. The zero-order chi connectivity index (χ0) is 13.7. The summed E-state index contributed by atoms with van der Waals surface area (Å²) in [6.45, 7) is 3.56. The minimum Gasteiger partial charge on any atom is -0.480 e. The topological polar surface area (TPSA) is 43.8 Å². The van der Waals surface area contributed by atoms with Gasteiger partial charge in [0, 0.05) is 25.2 Å². The maximum absolute atomic E-state index is 11.6. The third kappa shape index (κ3) is 2.00. The molecule has 0 aromatic heterocycles. The minimum absolute atomic E-state index is 0.200. The zero-order valence-electron chi connectivity index (χ0n) is 12.2. The molecule has 4 saturated heterocycles. The Hall–Kier alpha value is -0.610. The van der Waals surface area contributed by atoms with Gasteiger partial charge in [-0.25, -0.2) is 0 Å². The van der Waals surface area contributed by atoms with Crippen molar-refractivity contribution in [1.82, 2.24) is 9.80 Å². The van der Waals surface area contributed by atoms with E-state index in [1.54, 1.807) is 0 Å². The van der Waals surface area contributed by atoms with Gasteiger partial charge in [-0.05, 0) is 56.9 Å².